The number of carbonyl (C=O) groups excluding carboxylic acids is 1. The molecule has 2 saturated carbocycles. The number of rotatable bonds is 7. The lowest BCUT2D eigenvalue weighted by Crippen LogP contribution is -2.66. The van der Waals surface area contributed by atoms with Crippen LogP contribution >= 0.6 is 0 Å². The number of benzene rings is 2. The Bertz CT molecular complexity index is 1180. The molecule has 6 heteroatoms. The van der Waals surface area contributed by atoms with Crippen LogP contribution in [0.2, 0.25) is 0 Å². The first-order valence-corrected chi connectivity index (χ1v) is 16.3. The Morgan fingerprint density at radius 1 is 0.833 bits per heavy atom. The second kappa shape index (κ2) is 11.9. The van der Waals surface area contributed by atoms with Crippen LogP contribution in [-0.4, -0.2) is 66.3 Å². The first-order valence-electron chi connectivity index (χ1n) is 16.3. The fourth-order valence-electron chi connectivity index (χ4n) is 8.61. The molecule has 2 atom stereocenters. The summed E-state index contributed by atoms with van der Waals surface area (Å²) in [5.41, 5.74) is 2.99. The van der Waals surface area contributed by atoms with Gasteiger partial charge in [0.2, 0.25) is 0 Å². The summed E-state index contributed by atoms with van der Waals surface area (Å²) < 4.78 is 5.87. The Morgan fingerprint density at radius 3 is 1.98 bits per heavy atom. The number of piperidine rings is 2. The lowest BCUT2D eigenvalue weighted by molar-refractivity contribution is -0.116. The van der Waals surface area contributed by atoms with Crippen molar-refractivity contribution in [1.82, 2.24) is 20.4 Å². The van der Waals surface area contributed by atoms with E-state index in [1.165, 1.54) is 49.7 Å². The van der Waals surface area contributed by atoms with E-state index in [2.05, 4.69) is 83.2 Å². The predicted molar refractivity (Wildman–Crippen MR) is 169 cm³/mol. The lowest BCUT2D eigenvalue weighted by Gasteiger charge is -2.63. The van der Waals surface area contributed by atoms with Crippen LogP contribution < -0.4 is 10.6 Å². The number of likely N-dealkylation sites (tertiary alicyclic amines) is 2. The van der Waals surface area contributed by atoms with Crippen LogP contribution in [0, 0.1) is 16.7 Å². The van der Waals surface area contributed by atoms with E-state index < -0.39 is 5.60 Å². The Kier molecular flexibility index (Phi) is 8.43. The van der Waals surface area contributed by atoms with Gasteiger partial charge in [0.25, 0.3) is 0 Å². The van der Waals surface area contributed by atoms with E-state index in [1.54, 1.807) is 0 Å². The van der Waals surface area contributed by atoms with Gasteiger partial charge in [-0.1, -0.05) is 60.7 Å². The molecule has 6 rings (SSSR count). The summed E-state index contributed by atoms with van der Waals surface area (Å²) in [6.07, 6.45) is 8.48. The summed E-state index contributed by atoms with van der Waals surface area (Å²) in [5, 5.41) is 7.69. The third-order valence-electron chi connectivity index (χ3n) is 10.9. The van der Waals surface area contributed by atoms with E-state index in [-0.39, 0.29) is 6.09 Å². The molecule has 228 valence electrons. The highest BCUT2D eigenvalue weighted by Crippen LogP contribution is 2.58. The molecule has 2 saturated heterocycles. The molecule has 1 amide bonds. The van der Waals surface area contributed by atoms with Crippen LogP contribution in [0.3, 0.4) is 0 Å². The van der Waals surface area contributed by atoms with Crippen LogP contribution in [0.15, 0.2) is 60.7 Å². The topological polar surface area (TPSA) is 56.8 Å². The number of carbonyl (C=O) groups is 1. The minimum atomic E-state index is -0.468. The fraction of sp³-hybridized carbons (Fsp3) is 0.639. The largest absolute Gasteiger partial charge is 0.444 e. The monoisotopic (exact) mass is 572 g/mol. The normalized spacial score (nSPS) is 33.3. The highest BCUT2D eigenvalue weighted by atomic mass is 16.6. The third-order valence-corrected chi connectivity index (χ3v) is 10.9. The van der Waals surface area contributed by atoms with Gasteiger partial charge in [-0.15, -0.1) is 0 Å². The summed E-state index contributed by atoms with van der Waals surface area (Å²) in [4.78, 5) is 17.9. The average Bonchev–Trinajstić information content (AvgIpc) is 2.93. The predicted octanol–water partition coefficient (Wildman–Crippen LogP) is 6.21. The first kappa shape index (κ1) is 29.7. The minimum Gasteiger partial charge on any atom is -0.444 e. The van der Waals surface area contributed by atoms with Crippen molar-refractivity contribution in [3.8, 4) is 0 Å². The molecule has 2 unspecified atom stereocenters. The second-order valence-corrected chi connectivity index (χ2v) is 15.1. The van der Waals surface area contributed by atoms with Crippen molar-refractivity contribution in [2.75, 3.05) is 26.7 Å². The van der Waals surface area contributed by atoms with Gasteiger partial charge in [0.1, 0.15) is 5.60 Å². The molecular formula is C36H52N4O2. The van der Waals surface area contributed by atoms with Gasteiger partial charge in [-0.25, -0.2) is 4.79 Å². The van der Waals surface area contributed by atoms with Crippen LogP contribution in [-0.2, 0) is 17.8 Å². The maximum absolute atomic E-state index is 13.3. The smallest absolute Gasteiger partial charge is 0.410 e. The van der Waals surface area contributed by atoms with Gasteiger partial charge in [0, 0.05) is 44.3 Å². The number of nitrogens with zero attached hydrogens (tertiary/aromatic N) is 2. The van der Waals surface area contributed by atoms with Gasteiger partial charge in [0.05, 0.1) is 0 Å². The van der Waals surface area contributed by atoms with Crippen LogP contribution in [0.1, 0.15) is 76.8 Å². The van der Waals surface area contributed by atoms with Gasteiger partial charge in [-0.05, 0) is 107 Å². The summed E-state index contributed by atoms with van der Waals surface area (Å²) in [6, 6.07) is 23.2. The van der Waals surface area contributed by atoms with E-state index in [9.17, 15) is 4.79 Å². The van der Waals surface area contributed by atoms with Crippen molar-refractivity contribution in [3.63, 3.8) is 0 Å². The summed E-state index contributed by atoms with van der Waals surface area (Å²) in [7, 11) is 2.34. The van der Waals surface area contributed by atoms with Crippen molar-refractivity contribution in [2.45, 2.75) is 103 Å². The number of ether oxygens (including phenoxy) is 1. The molecule has 2 aliphatic heterocycles. The zero-order valence-corrected chi connectivity index (χ0v) is 26.3. The van der Waals surface area contributed by atoms with Crippen molar-refractivity contribution in [1.29, 1.82) is 0 Å². The SMILES string of the molecule is CN1CCC2(CC(NCc3ccccc3)C2)CC1C1CN(C(=O)OC(C)(C)C)CCC12CC(NCc1ccccc1)C2. The molecule has 2 spiro atoms. The number of amides is 1. The number of hydrogen-bond acceptors (Lipinski definition) is 5. The van der Waals surface area contributed by atoms with E-state index in [1.807, 2.05) is 25.7 Å². The van der Waals surface area contributed by atoms with E-state index >= 15 is 0 Å². The van der Waals surface area contributed by atoms with Crippen LogP contribution in [0.4, 0.5) is 4.79 Å². The Morgan fingerprint density at radius 2 is 1.40 bits per heavy atom. The molecule has 4 fully saturated rings. The molecule has 2 N–H and O–H groups in total. The molecule has 0 bridgehead atoms. The molecule has 6 nitrogen and oxygen atoms in total. The molecule has 0 aromatic heterocycles. The van der Waals surface area contributed by atoms with Gasteiger partial charge in [0.15, 0.2) is 0 Å². The maximum atomic E-state index is 13.3. The van der Waals surface area contributed by atoms with Gasteiger partial charge in [-0.2, -0.15) is 0 Å². The summed E-state index contributed by atoms with van der Waals surface area (Å²) in [6.45, 7) is 10.6. The number of nitrogens with one attached hydrogen (secondary N) is 2. The minimum absolute atomic E-state index is 0.137. The summed E-state index contributed by atoms with van der Waals surface area (Å²) in [5.74, 6) is 0.479. The standard InChI is InChI=1S/C36H52N4O2/c1-34(2,3)42-33(41)40-18-16-36(21-30(22-36)38-25-28-13-9-6-10-14-28)31(26-40)32-23-35(15-17-39(32)4)19-29(20-35)37-24-27-11-7-5-8-12-27/h5-14,29-32,37-38H,15-26H2,1-4H3. The quantitative estimate of drug-likeness (QED) is 0.413. The molecule has 2 heterocycles. The van der Waals surface area contributed by atoms with Gasteiger partial charge >= 0.3 is 6.09 Å². The molecule has 2 aromatic carbocycles. The molecule has 4 aliphatic rings. The zero-order valence-electron chi connectivity index (χ0n) is 26.3. The first-order chi connectivity index (χ1) is 20.1. The Balaban J connectivity index is 1.12. The Labute approximate surface area is 253 Å². The maximum Gasteiger partial charge on any atom is 0.410 e. The van der Waals surface area contributed by atoms with Gasteiger partial charge < -0.3 is 25.2 Å². The van der Waals surface area contributed by atoms with E-state index in [0.29, 0.717) is 34.9 Å². The molecule has 2 aromatic rings. The van der Waals surface area contributed by atoms with Crippen molar-refractivity contribution in [2.24, 2.45) is 16.7 Å². The van der Waals surface area contributed by atoms with Crippen molar-refractivity contribution < 1.29 is 9.53 Å². The molecular weight excluding hydrogens is 520 g/mol. The number of hydrogen-bond donors (Lipinski definition) is 2. The Hall–Kier alpha value is -2.41. The second-order valence-electron chi connectivity index (χ2n) is 15.1. The van der Waals surface area contributed by atoms with E-state index in [4.69, 9.17) is 4.74 Å². The van der Waals surface area contributed by atoms with Gasteiger partial charge in [-0.3, -0.25) is 0 Å². The van der Waals surface area contributed by atoms with Crippen LogP contribution in [0.25, 0.3) is 0 Å². The van der Waals surface area contributed by atoms with Crippen molar-refractivity contribution >= 4 is 6.09 Å². The third kappa shape index (κ3) is 6.56. The fourth-order valence-corrected chi connectivity index (χ4v) is 8.61. The highest BCUT2D eigenvalue weighted by Gasteiger charge is 2.58. The van der Waals surface area contributed by atoms with Crippen LogP contribution in [0.5, 0.6) is 0 Å². The molecule has 2 aliphatic carbocycles. The molecule has 42 heavy (non-hydrogen) atoms. The zero-order chi connectivity index (χ0) is 29.4. The van der Waals surface area contributed by atoms with Crippen molar-refractivity contribution in [3.05, 3.63) is 71.8 Å². The highest BCUT2D eigenvalue weighted by molar-refractivity contribution is 5.68. The lowest BCUT2D eigenvalue weighted by atomic mass is 9.50. The van der Waals surface area contributed by atoms with E-state index in [0.717, 1.165) is 39.1 Å². The average molecular weight is 573 g/mol. The summed E-state index contributed by atoms with van der Waals surface area (Å²) >= 11 is 0. The molecule has 0 radical (unpaired) electrons.